The summed E-state index contributed by atoms with van der Waals surface area (Å²) in [7, 11) is 0. The molecule has 7 heteroatoms. The topological polar surface area (TPSA) is 74.8 Å². The third-order valence-electron chi connectivity index (χ3n) is 4.47. The smallest absolute Gasteiger partial charge is 0.409 e. The molecule has 27 heavy (non-hydrogen) atoms. The number of ether oxygens (including phenoxy) is 1. The summed E-state index contributed by atoms with van der Waals surface area (Å²) in [5.41, 5.74) is 3.26. The van der Waals surface area contributed by atoms with Crippen LogP contribution in [0.25, 0.3) is 0 Å². The van der Waals surface area contributed by atoms with Crippen molar-refractivity contribution in [1.29, 1.82) is 0 Å². The summed E-state index contributed by atoms with van der Waals surface area (Å²) in [4.78, 5) is 32.3. The zero-order valence-corrected chi connectivity index (χ0v) is 15.6. The van der Waals surface area contributed by atoms with Gasteiger partial charge >= 0.3 is 6.09 Å². The molecule has 1 aliphatic heterocycles. The number of piperazine rings is 1. The number of aryl methyl sites for hydroxylation is 1. The standard InChI is InChI=1S/C20H24N4O3/c1-3-27-20(26)24-10-8-23(9-11-24)18-12-16(13-21-14-18)19(25)22-17-6-4-15(2)5-7-17/h4-7,12-14H,3,8-11H2,1-2H3,(H,22,25). The first kappa shape index (κ1) is 18.7. The summed E-state index contributed by atoms with van der Waals surface area (Å²) in [6.07, 6.45) is 3.02. The number of hydrogen-bond donors (Lipinski definition) is 1. The third-order valence-corrected chi connectivity index (χ3v) is 4.47. The molecule has 1 aromatic heterocycles. The van der Waals surface area contributed by atoms with Crippen molar-refractivity contribution in [3.05, 3.63) is 53.9 Å². The van der Waals surface area contributed by atoms with Crippen molar-refractivity contribution in [3.63, 3.8) is 0 Å². The lowest BCUT2D eigenvalue weighted by Gasteiger charge is -2.35. The molecule has 0 unspecified atom stereocenters. The summed E-state index contributed by atoms with van der Waals surface area (Å²) < 4.78 is 5.04. The number of carbonyl (C=O) groups is 2. The van der Waals surface area contributed by atoms with Crippen molar-refractivity contribution in [2.24, 2.45) is 0 Å². The molecule has 2 amide bonds. The predicted octanol–water partition coefficient (Wildman–Crippen LogP) is 2.92. The van der Waals surface area contributed by atoms with Gasteiger partial charge in [0.05, 0.1) is 24.1 Å². The molecule has 1 aromatic carbocycles. The lowest BCUT2D eigenvalue weighted by atomic mass is 10.2. The largest absolute Gasteiger partial charge is 0.450 e. The highest BCUT2D eigenvalue weighted by molar-refractivity contribution is 6.04. The van der Waals surface area contributed by atoms with Gasteiger partial charge < -0.3 is 19.9 Å². The van der Waals surface area contributed by atoms with Crippen LogP contribution in [-0.2, 0) is 4.74 Å². The van der Waals surface area contributed by atoms with Crippen molar-refractivity contribution in [2.45, 2.75) is 13.8 Å². The van der Waals surface area contributed by atoms with Gasteiger partial charge in [-0.1, -0.05) is 17.7 Å². The fourth-order valence-corrected chi connectivity index (χ4v) is 2.93. The molecule has 1 aliphatic rings. The van der Waals surface area contributed by atoms with Crippen LogP contribution in [0, 0.1) is 6.92 Å². The van der Waals surface area contributed by atoms with E-state index in [0.717, 1.165) is 16.9 Å². The van der Waals surface area contributed by atoms with Gasteiger partial charge in [-0.15, -0.1) is 0 Å². The SMILES string of the molecule is CCOC(=O)N1CCN(c2cncc(C(=O)Nc3ccc(C)cc3)c2)CC1. The van der Waals surface area contributed by atoms with Crippen molar-refractivity contribution >= 4 is 23.4 Å². The average Bonchev–Trinajstić information content (AvgIpc) is 2.70. The van der Waals surface area contributed by atoms with E-state index in [1.165, 1.54) is 0 Å². The fourth-order valence-electron chi connectivity index (χ4n) is 2.93. The number of pyridine rings is 1. The highest BCUT2D eigenvalue weighted by Gasteiger charge is 2.22. The highest BCUT2D eigenvalue weighted by atomic mass is 16.6. The number of aromatic nitrogens is 1. The summed E-state index contributed by atoms with van der Waals surface area (Å²) in [5, 5.41) is 2.88. The molecule has 3 rings (SSSR count). The summed E-state index contributed by atoms with van der Waals surface area (Å²) in [5.74, 6) is -0.196. The Morgan fingerprint density at radius 1 is 1.11 bits per heavy atom. The van der Waals surface area contributed by atoms with Crippen molar-refractivity contribution < 1.29 is 14.3 Å². The summed E-state index contributed by atoms with van der Waals surface area (Å²) >= 11 is 0. The molecule has 0 radical (unpaired) electrons. The quantitative estimate of drug-likeness (QED) is 0.898. The van der Waals surface area contributed by atoms with E-state index in [4.69, 9.17) is 4.74 Å². The Kier molecular flexibility index (Phi) is 5.90. The first-order valence-electron chi connectivity index (χ1n) is 9.06. The van der Waals surface area contributed by atoms with Gasteiger partial charge in [0.2, 0.25) is 0 Å². The lowest BCUT2D eigenvalue weighted by molar-refractivity contribution is 0.102. The molecule has 1 saturated heterocycles. The van der Waals surface area contributed by atoms with Crippen LogP contribution in [0.4, 0.5) is 16.2 Å². The van der Waals surface area contributed by atoms with E-state index < -0.39 is 0 Å². The number of amides is 2. The van der Waals surface area contributed by atoms with Crippen LogP contribution in [0.1, 0.15) is 22.8 Å². The maximum atomic E-state index is 12.5. The second-order valence-corrected chi connectivity index (χ2v) is 6.42. The Hall–Kier alpha value is -3.09. The maximum absolute atomic E-state index is 12.5. The number of nitrogens with zero attached hydrogens (tertiary/aromatic N) is 3. The van der Waals surface area contributed by atoms with Crippen LogP contribution in [0.3, 0.4) is 0 Å². The Labute approximate surface area is 158 Å². The summed E-state index contributed by atoms with van der Waals surface area (Å²) in [6.45, 7) is 6.68. The van der Waals surface area contributed by atoms with Crippen molar-refractivity contribution in [1.82, 2.24) is 9.88 Å². The molecule has 7 nitrogen and oxygen atoms in total. The van der Waals surface area contributed by atoms with E-state index in [-0.39, 0.29) is 12.0 Å². The molecule has 2 aromatic rings. The minimum atomic E-state index is -0.276. The normalized spacial score (nSPS) is 14.0. The maximum Gasteiger partial charge on any atom is 0.409 e. The fraction of sp³-hybridized carbons (Fsp3) is 0.350. The van der Waals surface area contributed by atoms with Crippen LogP contribution < -0.4 is 10.2 Å². The van der Waals surface area contributed by atoms with Gasteiger partial charge in [0, 0.05) is 38.1 Å². The van der Waals surface area contributed by atoms with Crippen molar-refractivity contribution in [3.8, 4) is 0 Å². The number of hydrogen-bond acceptors (Lipinski definition) is 5. The van der Waals surface area contributed by atoms with E-state index in [9.17, 15) is 9.59 Å². The van der Waals surface area contributed by atoms with Crippen LogP contribution in [0.15, 0.2) is 42.7 Å². The number of nitrogens with one attached hydrogen (secondary N) is 1. The van der Waals surface area contributed by atoms with E-state index in [1.807, 2.05) is 37.3 Å². The second kappa shape index (κ2) is 8.53. The molecule has 1 fully saturated rings. The molecular weight excluding hydrogens is 344 g/mol. The zero-order valence-electron chi connectivity index (χ0n) is 15.6. The molecule has 0 bridgehead atoms. The number of rotatable bonds is 4. The molecule has 0 spiro atoms. The summed E-state index contributed by atoms with van der Waals surface area (Å²) in [6, 6.07) is 9.48. The minimum Gasteiger partial charge on any atom is -0.450 e. The number of benzene rings is 1. The predicted molar refractivity (Wildman–Crippen MR) is 104 cm³/mol. The van der Waals surface area contributed by atoms with E-state index >= 15 is 0 Å². The second-order valence-electron chi connectivity index (χ2n) is 6.42. The van der Waals surface area contributed by atoms with Gasteiger partial charge in [-0.05, 0) is 32.0 Å². The van der Waals surface area contributed by atoms with E-state index in [0.29, 0.717) is 38.3 Å². The third kappa shape index (κ3) is 4.75. The van der Waals surface area contributed by atoms with Gasteiger partial charge in [-0.25, -0.2) is 4.79 Å². The van der Waals surface area contributed by atoms with Crippen LogP contribution in [-0.4, -0.2) is 54.7 Å². The molecular formula is C20H24N4O3. The van der Waals surface area contributed by atoms with Gasteiger partial charge in [0.1, 0.15) is 0 Å². The molecule has 0 aliphatic carbocycles. The Bertz CT molecular complexity index is 799. The van der Waals surface area contributed by atoms with Crippen LogP contribution >= 0.6 is 0 Å². The van der Waals surface area contributed by atoms with Gasteiger partial charge in [-0.2, -0.15) is 0 Å². The van der Waals surface area contributed by atoms with Gasteiger partial charge in [0.25, 0.3) is 5.91 Å². The van der Waals surface area contributed by atoms with Crippen LogP contribution in [0.5, 0.6) is 0 Å². The minimum absolute atomic E-state index is 0.196. The molecule has 142 valence electrons. The van der Waals surface area contributed by atoms with Gasteiger partial charge in [-0.3, -0.25) is 9.78 Å². The highest BCUT2D eigenvalue weighted by Crippen LogP contribution is 2.18. The molecule has 2 heterocycles. The monoisotopic (exact) mass is 368 g/mol. The lowest BCUT2D eigenvalue weighted by Crippen LogP contribution is -2.49. The molecule has 0 atom stereocenters. The number of carbonyl (C=O) groups excluding carboxylic acids is 2. The Morgan fingerprint density at radius 3 is 2.48 bits per heavy atom. The van der Waals surface area contributed by atoms with E-state index in [2.05, 4.69) is 15.2 Å². The first-order valence-corrected chi connectivity index (χ1v) is 9.06. The molecule has 1 N–H and O–H groups in total. The Morgan fingerprint density at radius 2 is 1.81 bits per heavy atom. The van der Waals surface area contributed by atoms with Crippen molar-refractivity contribution in [2.75, 3.05) is 43.0 Å². The van der Waals surface area contributed by atoms with Crippen LogP contribution in [0.2, 0.25) is 0 Å². The zero-order chi connectivity index (χ0) is 19.2. The van der Waals surface area contributed by atoms with E-state index in [1.54, 1.807) is 24.2 Å². The Balaban J connectivity index is 1.63. The first-order chi connectivity index (χ1) is 13.1. The van der Waals surface area contributed by atoms with Gasteiger partial charge in [0.15, 0.2) is 0 Å². The molecule has 0 saturated carbocycles. The number of anilines is 2. The average molecular weight is 368 g/mol.